The molecule has 3 aromatic rings. The van der Waals surface area contributed by atoms with Gasteiger partial charge in [-0.15, -0.1) is 0 Å². The number of sulfonamides is 1. The van der Waals surface area contributed by atoms with E-state index in [9.17, 15) is 13.7 Å². The smallest absolute Gasteiger partial charge is 0.264 e. The summed E-state index contributed by atoms with van der Waals surface area (Å²) in [6.45, 7) is 1.91. The van der Waals surface area contributed by atoms with E-state index in [1.54, 1.807) is 42.5 Å². The van der Waals surface area contributed by atoms with Crippen LogP contribution in [0.25, 0.3) is 0 Å². The molecule has 3 aromatic carbocycles. The Labute approximate surface area is 184 Å². The molecule has 0 bridgehead atoms. The summed E-state index contributed by atoms with van der Waals surface area (Å²) in [6, 6.07) is 25.5. The van der Waals surface area contributed by atoms with Crippen molar-refractivity contribution in [1.29, 1.82) is 5.26 Å². The molecule has 0 aliphatic carbocycles. The SMILES string of the molecule is N#Cc1cc(N(Cc2ccccc2)S(=O)(=O)c2ccccc2)ccc1N1CC[CH]CC1. The molecule has 1 aliphatic rings. The second-order valence-electron chi connectivity index (χ2n) is 7.48. The second-order valence-corrected chi connectivity index (χ2v) is 9.34. The van der Waals surface area contributed by atoms with Crippen LogP contribution in [0.3, 0.4) is 0 Å². The van der Waals surface area contributed by atoms with Crippen LogP contribution in [0, 0.1) is 17.8 Å². The fourth-order valence-electron chi connectivity index (χ4n) is 3.82. The molecule has 1 saturated heterocycles. The van der Waals surface area contributed by atoms with Gasteiger partial charge in [0.25, 0.3) is 10.0 Å². The summed E-state index contributed by atoms with van der Waals surface area (Å²) < 4.78 is 28.5. The Bertz CT molecular complexity index is 1170. The number of nitrogens with zero attached hydrogens (tertiary/aromatic N) is 3. The van der Waals surface area contributed by atoms with Crippen LogP contribution in [0.15, 0.2) is 83.8 Å². The van der Waals surface area contributed by atoms with Crippen molar-refractivity contribution in [2.24, 2.45) is 0 Å². The maximum atomic E-state index is 13.6. The summed E-state index contributed by atoms with van der Waals surface area (Å²) in [6.07, 6.45) is 4.22. The lowest BCUT2D eigenvalue weighted by atomic mass is 10.1. The van der Waals surface area contributed by atoms with Crippen molar-refractivity contribution in [3.8, 4) is 6.07 Å². The molecule has 0 saturated carbocycles. The third-order valence-corrected chi connectivity index (χ3v) is 7.22. The number of benzene rings is 3. The van der Waals surface area contributed by atoms with E-state index in [0.29, 0.717) is 11.3 Å². The van der Waals surface area contributed by atoms with Gasteiger partial charge in [-0.2, -0.15) is 5.26 Å². The number of piperidine rings is 1. The highest BCUT2D eigenvalue weighted by Crippen LogP contribution is 2.31. The van der Waals surface area contributed by atoms with Gasteiger partial charge in [-0.05, 0) is 55.2 Å². The number of anilines is 2. The predicted molar refractivity (Wildman–Crippen MR) is 123 cm³/mol. The van der Waals surface area contributed by atoms with Crippen LogP contribution in [-0.4, -0.2) is 21.5 Å². The molecular weight excluding hydrogens is 406 g/mol. The lowest BCUT2D eigenvalue weighted by Gasteiger charge is -2.30. The summed E-state index contributed by atoms with van der Waals surface area (Å²) in [7, 11) is -3.81. The fourth-order valence-corrected chi connectivity index (χ4v) is 5.29. The van der Waals surface area contributed by atoms with Crippen LogP contribution in [-0.2, 0) is 16.6 Å². The Morgan fingerprint density at radius 3 is 2.19 bits per heavy atom. The van der Waals surface area contributed by atoms with Gasteiger partial charge in [0.05, 0.1) is 28.4 Å². The normalized spacial score (nSPS) is 14.1. The van der Waals surface area contributed by atoms with E-state index in [1.807, 2.05) is 36.4 Å². The van der Waals surface area contributed by atoms with Gasteiger partial charge in [0.1, 0.15) is 6.07 Å². The van der Waals surface area contributed by atoms with Crippen molar-refractivity contribution in [2.75, 3.05) is 22.3 Å². The van der Waals surface area contributed by atoms with Gasteiger partial charge < -0.3 is 4.90 Å². The zero-order valence-electron chi connectivity index (χ0n) is 17.2. The first-order valence-corrected chi connectivity index (χ1v) is 11.8. The topological polar surface area (TPSA) is 64.4 Å². The predicted octanol–water partition coefficient (Wildman–Crippen LogP) is 4.76. The van der Waals surface area contributed by atoms with E-state index < -0.39 is 10.0 Å². The van der Waals surface area contributed by atoms with Crippen LogP contribution in [0.1, 0.15) is 24.0 Å². The molecule has 0 amide bonds. The molecule has 0 N–H and O–H groups in total. The number of hydrogen-bond acceptors (Lipinski definition) is 4. The highest BCUT2D eigenvalue weighted by Gasteiger charge is 2.26. The fraction of sp³-hybridized carbons (Fsp3) is 0.200. The molecule has 1 fully saturated rings. The van der Waals surface area contributed by atoms with Crippen LogP contribution in [0.2, 0.25) is 0 Å². The van der Waals surface area contributed by atoms with Crippen LogP contribution >= 0.6 is 0 Å². The Morgan fingerprint density at radius 1 is 0.903 bits per heavy atom. The third kappa shape index (κ3) is 4.57. The van der Waals surface area contributed by atoms with Gasteiger partial charge in [-0.25, -0.2) is 8.42 Å². The first-order valence-electron chi connectivity index (χ1n) is 10.3. The minimum Gasteiger partial charge on any atom is -0.370 e. The molecule has 31 heavy (non-hydrogen) atoms. The molecule has 0 atom stereocenters. The van der Waals surface area contributed by atoms with Gasteiger partial charge in [0.15, 0.2) is 0 Å². The first kappa shape index (κ1) is 21.0. The van der Waals surface area contributed by atoms with Crippen molar-refractivity contribution in [2.45, 2.75) is 24.3 Å². The summed E-state index contributed by atoms with van der Waals surface area (Å²) in [5, 5.41) is 9.81. The molecule has 6 heteroatoms. The van der Waals surface area contributed by atoms with E-state index in [-0.39, 0.29) is 11.4 Å². The standard InChI is InChI=1S/C25H24N3O2S/c26-19-22-18-23(14-15-25(22)27-16-8-3-9-17-27)28(20-21-10-4-1-5-11-21)31(29,30)24-12-6-2-7-13-24/h1-7,10-15,18H,8-9,16-17,20H2. The maximum absolute atomic E-state index is 13.6. The van der Waals surface area contributed by atoms with Crippen LogP contribution in [0.4, 0.5) is 11.4 Å². The van der Waals surface area contributed by atoms with Gasteiger partial charge in [-0.3, -0.25) is 4.31 Å². The van der Waals surface area contributed by atoms with E-state index in [0.717, 1.165) is 37.2 Å². The molecule has 1 aliphatic heterocycles. The number of hydrogen-bond donors (Lipinski definition) is 0. The average molecular weight is 431 g/mol. The average Bonchev–Trinajstić information content (AvgIpc) is 2.84. The van der Waals surface area contributed by atoms with E-state index >= 15 is 0 Å². The van der Waals surface area contributed by atoms with Crippen LogP contribution in [0.5, 0.6) is 0 Å². The van der Waals surface area contributed by atoms with Crippen molar-refractivity contribution in [3.05, 3.63) is 96.4 Å². The van der Waals surface area contributed by atoms with Crippen LogP contribution < -0.4 is 9.21 Å². The largest absolute Gasteiger partial charge is 0.370 e. The molecule has 0 aromatic heterocycles. The monoisotopic (exact) mass is 430 g/mol. The zero-order valence-corrected chi connectivity index (χ0v) is 18.0. The first-order chi connectivity index (χ1) is 15.1. The molecule has 1 radical (unpaired) electrons. The third-order valence-electron chi connectivity index (χ3n) is 5.44. The molecule has 157 valence electrons. The van der Waals surface area contributed by atoms with Crippen molar-refractivity contribution in [1.82, 2.24) is 0 Å². The Balaban J connectivity index is 1.77. The lowest BCUT2D eigenvalue weighted by Crippen LogP contribution is -2.32. The van der Waals surface area contributed by atoms with E-state index in [2.05, 4.69) is 17.4 Å². The summed E-state index contributed by atoms with van der Waals surface area (Å²) in [5.74, 6) is 0. The van der Waals surface area contributed by atoms with Gasteiger partial charge >= 0.3 is 0 Å². The van der Waals surface area contributed by atoms with Crippen molar-refractivity contribution >= 4 is 21.4 Å². The minimum atomic E-state index is -3.81. The molecule has 5 nitrogen and oxygen atoms in total. The Hall–Kier alpha value is -3.30. The highest BCUT2D eigenvalue weighted by molar-refractivity contribution is 7.92. The van der Waals surface area contributed by atoms with Crippen molar-refractivity contribution < 1.29 is 8.42 Å². The molecule has 1 heterocycles. The summed E-state index contributed by atoms with van der Waals surface area (Å²) in [4.78, 5) is 2.41. The number of rotatable bonds is 6. The summed E-state index contributed by atoms with van der Waals surface area (Å²) >= 11 is 0. The van der Waals surface area contributed by atoms with E-state index in [1.165, 1.54) is 4.31 Å². The molecule has 0 unspecified atom stereocenters. The molecular formula is C25H24N3O2S. The lowest BCUT2D eigenvalue weighted by molar-refractivity contribution is 0.590. The van der Waals surface area contributed by atoms with Gasteiger partial charge in [0.2, 0.25) is 0 Å². The second kappa shape index (κ2) is 9.23. The number of nitriles is 1. The van der Waals surface area contributed by atoms with Gasteiger partial charge in [-0.1, -0.05) is 48.5 Å². The quantitative estimate of drug-likeness (QED) is 0.566. The van der Waals surface area contributed by atoms with Gasteiger partial charge in [0, 0.05) is 13.1 Å². The highest BCUT2D eigenvalue weighted by atomic mass is 32.2. The summed E-state index contributed by atoms with van der Waals surface area (Å²) in [5.41, 5.74) is 2.70. The maximum Gasteiger partial charge on any atom is 0.264 e. The Morgan fingerprint density at radius 2 is 1.55 bits per heavy atom. The zero-order chi connectivity index (χ0) is 21.7. The minimum absolute atomic E-state index is 0.182. The molecule has 0 spiro atoms. The van der Waals surface area contributed by atoms with Crippen molar-refractivity contribution in [3.63, 3.8) is 0 Å². The Kier molecular flexibility index (Phi) is 6.24. The van der Waals surface area contributed by atoms with E-state index in [4.69, 9.17) is 0 Å². The molecule has 4 rings (SSSR count).